The molecule has 0 radical (unpaired) electrons. The number of hydrogen-bond donors (Lipinski definition) is 1. The van der Waals surface area contributed by atoms with E-state index in [4.69, 9.17) is 0 Å². The summed E-state index contributed by atoms with van der Waals surface area (Å²) in [5.74, 6) is 0.638. The molecular weight excluding hydrogens is 376 g/mol. The van der Waals surface area contributed by atoms with Crippen molar-refractivity contribution in [2.45, 2.75) is 39.7 Å². The number of carbonyl (C=O) groups excluding carboxylic acids is 2. The number of fused-ring (bicyclic) bond motifs is 1. The molecule has 0 spiro atoms. The minimum atomic E-state index is -0.152. The van der Waals surface area contributed by atoms with Crippen molar-refractivity contribution in [3.63, 3.8) is 0 Å². The maximum Gasteiger partial charge on any atom is 0.228 e. The monoisotopic (exact) mass is 402 g/mol. The molecule has 3 aromatic rings. The molecule has 2 amide bonds. The van der Waals surface area contributed by atoms with Gasteiger partial charge in [0, 0.05) is 37.7 Å². The van der Waals surface area contributed by atoms with Crippen molar-refractivity contribution in [2.75, 3.05) is 16.8 Å². The van der Waals surface area contributed by atoms with Crippen molar-refractivity contribution in [3.8, 4) is 11.1 Å². The highest BCUT2D eigenvalue weighted by Crippen LogP contribution is 2.25. The van der Waals surface area contributed by atoms with Gasteiger partial charge >= 0.3 is 0 Å². The second-order valence-corrected chi connectivity index (χ2v) is 7.71. The molecule has 154 valence electrons. The summed E-state index contributed by atoms with van der Waals surface area (Å²) in [6.45, 7) is 5.40. The Morgan fingerprint density at radius 3 is 2.53 bits per heavy atom. The SMILES string of the molecule is Cc1cc2n(n1)CCCN2C(=O)CCC(=O)Nc1ccc(-c2ccccc2)cc1C. The van der Waals surface area contributed by atoms with Crippen molar-refractivity contribution in [2.24, 2.45) is 0 Å². The van der Waals surface area contributed by atoms with Gasteiger partial charge in [-0.15, -0.1) is 0 Å². The summed E-state index contributed by atoms with van der Waals surface area (Å²) in [4.78, 5) is 26.9. The summed E-state index contributed by atoms with van der Waals surface area (Å²) in [6, 6.07) is 18.0. The van der Waals surface area contributed by atoms with Crippen LogP contribution in [0.25, 0.3) is 11.1 Å². The fourth-order valence-corrected chi connectivity index (χ4v) is 3.84. The van der Waals surface area contributed by atoms with E-state index in [1.807, 2.05) is 54.9 Å². The van der Waals surface area contributed by atoms with Crippen LogP contribution in [0, 0.1) is 13.8 Å². The maximum absolute atomic E-state index is 12.7. The number of aromatic nitrogens is 2. The van der Waals surface area contributed by atoms with Gasteiger partial charge in [-0.2, -0.15) is 5.10 Å². The van der Waals surface area contributed by atoms with Gasteiger partial charge in [-0.3, -0.25) is 14.5 Å². The van der Waals surface area contributed by atoms with E-state index in [0.717, 1.165) is 46.9 Å². The number of hydrogen-bond acceptors (Lipinski definition) is 3. The third-order valence-electron chi connectivity index (χ3n) is 5.38. The lowest BCUT2D eigenvalue weighted by Crippen LogP contribution is -2.37. The van der Waals surface area contributed by atoms with Gasteiger partial charge in [0.05, 0.1) is 5.69 Å². The van der Waals surface area contributed by atoms with Gasteiger partial charge in [0.2, 0.25) is 11.8 Å². The first kappa shape index (κ1) is 19.9. The Kier molecular flexibility index (Phi) is 5.65. The van der Waals surface area contributed by atoms with E-state index in [-0.39, 0.29) is 24.7 Å². The van der Waals surface area contributed by atoms with Crippen LogP contribution < -0.4 is 10.2 Å². The Labute approximate surface area is 176 Å². The molecule has 6 heteroatoms. The highest BCUT2D eigenvalue weighted by atomic mass is 16.2. The molecule has 0 fully saturated rings. The van der Waals surface area contributed by atoms with E-state index in [2.05, 4.69) is 28.6 Å². The third-order valence-corrected chi connectivity index (χ3v) is 5.38. The smallest absolute Gasteiger partial charge is 0.228 e. The Morgan fingerprint density at radius 1 is 0.967 bits per heavy atom. The van der Waals surface area contributed by atoms with Crippen molar-refractivity contribution >= 4 is 23.3 Å². The molecule has 0 bridgehead atoms. The van der Waals surface area contributed by atoms with Crippen LogP contribution in [0.2, 0.25) is 0 Å². The zero-order valence-corrected chi connectivity index (χ0v) is 17.4. The molecule has 0 atom stereocenters. The third kappa shape index (κ3) is 4.27. The minimum Gasteiger partial charge on any atom is -0.326 e. The van der Waals surface area contributed by atoms with Gasteiger partial charge in [0.15, 0.2) is 0 Å². The first-order valence-electron chi connectivity index (χ1n) is 10.3. The van der Waals surface area contributed by atoms with E-state index in [0.29, 0.717) is 6.54 Å². The summed E-state index contributed by atoms with van der Waals surface area (Å²) >= 11 is 0. The number of benzene rings is 2. The lowest BCUT2D eigenvalue weighted by Gasteiger charge is -2.27. The van der Waals surface area contributed by atoms with Crippen molar-refractivity contribution in [1.29, 1.82) is 0 Å². The van der Waals surface area contributed by atoms with E-state index in [1.165, 1.54) is 0 Å². The molecule has 30 heavy (non-hydrogen) atoms. The Morgan fingerprint density at radius 2 is 1.77 bits per heavy atom. The standard InChI is InChI=1S/C24H26N4O2/c1-17-15-20(19-7-4-3-5-8-19)9-10-21(17)25-22(29)11-12-24(30)27-13-6-14-28-23(27)16-18(2)26-28/h3-5,7-10,15-16H,6,11-14H2,1-2H3,(H,25,29). The van der Waals surface area contributed by atoms with Crippen LogP contribution in [-0.4, -0.2) is 28.1 Å². The van der Waals surface area contributed by atoms with E-state index in [9.17, 15) is 9.59 Å². The van der Waals surface area contributed by atoms with Crippen LogP contribution in [0.1, 0.15) is 30.5 Å². The quantitative estimate of drug-likeness (QED) is 0.691. The van der Waals surface area contributed by atoms with Crippen molar-refractivity contribution in [3.05, 3.63) is 65.9 Å². The number of rotatable bonds is 5. The number of nitrogens with zero attached hydrogens (tertiary/aromatic N) is 3. The number of amides is 2. The Hall–Kier alpha value is -3.41. The maximum atomic E-state index is 12.7. The Bertz CT molecular complexity index is 1070. The lowest BCUT2D eigenvalue weighted by molar-refractivity contribution is -0.122. The molecule has 0 saturated carbocycles. The summed E-state index contributed by atoms with van der Waals surface area (Å²) in [5, 5.41) is 7.36. The normalized spacial score (nSPS) is 13.1. The molecular formula is C24H26N4O2. The van der Waals surface area contributed by atoms with Crippen LogP contribution in [0.3, 0.4) is 0 Å². The largest absolute Gasteiger partial charge is 0.326 e. The van der Waals surface area contributed by atoms with Gasteiger partial charge in [0.1, 0.15) is 5.82 Å². The van der Waals surface area contributed by atoms with Crippen molar-refractivity contribution in [1.82, 2.24) is 9.78 Å². The first-order valence-corrected chi connectivity index (χ1v) is 10.3. The number of aryl methyl sites for hydroxylation is 3. The van der Waals surface area contributed by atoms with E-state index >= 15 is 0 Å². The minimum absolute atomic E-state index is 0.0397. The zero-order valence-electron chi connectivity index (χ0n) is 17.4. The van der Waals surface area contributed by atoms with Gasteiger partial charge in [-0.1, -0.05) is 36.4 Å². The molecule has 4 rings (SSSR count). The second kappa shape index (κ2) is 8.53. The molecule has 2 heterocycles. The van der Waals surface area contributed by atoms with Crippen molar-refractivity contribution < 1.29 is 9.59 Å². The number of carbonyl (C=O) groups is 2. The van der Waals surface area contributed by atoms with Crippen LogP contribution in [0.4, 0.5) is 11.5 Å². The molecule has 1 N–H and O–H groups in total. The number of nitrogens with one attached hydrogen (secondary N) is 1. The molecule has 1 aromatic heterocycles. The number of anilines is 2. The zero-order chi connectivity index (χ0) is 21.1. The average molecular weight is 402 g/mol. The van der Waals surface area contributed by atoms with Gasteiger partial charge < -0.3 is 5.32 Å². The Balaban J connectivity index is 1.36. The van der Waals surface area contributed by atoms with Crippen LogP contribution in [0.15, 0.2) is 54.6 Å². The summed E-state index contributed by atoms with van der Waals surface area (Å²) in [5.41, 5.74) is 4.92. The fourth-order valence-electron chi connectivity index (χ4n) is 3.84. The highest BCUT2D eigenvalue weighted by Gasteiger charge is 2.24. The predicted octanol–water partition coefficient (Wildman–Crippen LogP) is 4.32. The lowest BCUT2D eigenvalue weighted by atomic mass is 10.0. The molecule has 0 unspecified atom stereocenters. The second-order valence-electron chi connectivity index (χ2n) is 7.71. The van der Waals surface area contributed by atoms with E-state index in [1.54, 1.807) is 4.90 Å². The van der Waals surface area contributed by atoms with Gasteiger partial charge in [0.25, 0.3) is 0 Å². The fraction of sp³-hybridized carbons (Fsp3) is 0.292. The van der Waals surface area contributed by atoms with Gasteiger partial charge in [-0.05, 0) is 49.1 Å². The van der Waals surface area contributed by atoms with Crippen LogP contribution in [0.5, 0.6) is 0 Å². The predicted molar refractivity (Wildman–Crippen MR) is 118 cm³/mol. The molecule has 1 aliphatic rings. The van der Waals surface area contributed by atoms with Crippen LogP contribution in [-0.2, 0) is 16.1 Å². The summed E-state index contributed by atoms with van der Waals surface area (Å²) < 4.78 is 1.87. The summed E-state index contributed by atoms with van der Waals surface area (Å²) in [7, 11) is 0. The average Bonchev–Trinajstić information content (AvgIpc) is 3.14. The molecule has 0 aliphatic carbocycles. The molecule has 1 aliphatic heterocycles. The highest BCUT2D eigenvalue weighted by molar-refractivity contribution is 5.98. The molecule has 0 saturated heterocycles. The first-order chi connectivity index (χ1) is 14.5. The van der Waals surface area contributed by atoms with E-state index < -0.39 is 0 Å². The molecule has 6 nitrogen and oxygen atoms in total. The molecule has 2 aromatic carbocycles. The van der Waals surface area contributed by atoms with Gasteiger partial charge in [-0.25, -0.2) is 4.68 Å². The van der Waals surface area contributed by atoms with Crippen LogP contribution >= 0.6 is 0 Å². The topological polar surface area (TPSA) is 67.2 Å². The summed E-state index contributed by atoms with van der Waals surface area (Å²) in [6.07, 6.45) is 1.21.